The topological polar surface area (TPSA) is 75.7 Å². The van der Waals surface area contributed by atoms with Crippen molar-refractivity contribution in [1.82, 2.24) is 10.2 Å². The summed E-state index contributed by atoms with van der Waals surface area (Å²) in [7, 11) is 0. The smallest absolute Gasteiger partial charge is 0.326 e. The van der Waals surface area contributed by atoms with Gasteiger partial charge in [-0.15, -0.1) is 0 Å². The highest BCUT2D eigenvalue weighted by Crippen LogP contribution is 2.07. The molecule has 1 aliphatic heterocycles. The molecule has 16 heavy (non-hydrogen) atoms. The lowest BCUT2D eigenvalue weighted by Gasteiger charge is -2.27. The second kappa shape index (κ2) is 4.51. The number of rotatable bonds is 2. The fourth-order valence-electron chi connectivity index (χ4n) is 1.28. The van der Waals surface area contributed by atoms with Crippen LogP contribution in [0.3, 0.4) is 0 Å². The van der Waals surface area contributed by atoms with Gasteiger partial charge in [0.25, 0.3) is 0 Å². The second-order valence-corrected chi connectivity index (χ2v) is 4.61. The third-order valence-electron chi connectivity index (χ3n) is 1.86. The Morgan fingerprint density at radius 3 is 2.62 bits per heavy atom. The van der Waals surface area contributed by atoms with Gasteiger partial charge in [-0.25, -0.2) is 0 Å². The SMILES string of the molecule is CC(C)(C)OC(=O)CN1CC(=O)NCC1=O. The zero-order valence-corrected chi connectivity index (χ0v) is 9.70. The lowest BCUT2D eigenvalue weighted by molar-refractivity contribution is -0.160. The van der Waals surface area contributed by atoms with Crippen LogP contribution >= 0.6 is 0 Å². The van der Waals surface area contributed by atoms with E-state index in [-0.39, 0.29) is 31.4 Å². The van der Waals surface area contributed by atoms with Gasteiger partial charge in [-0.05, 0) is 20.8 Å². The Hall–Kier alpha value is -1.59. The molecule has 1 heterocycles. The second-order valence-electron chi connectivity index (χ2n) is 4.61. The van der Waals surface area contributed by atoms with Crippen molar-refractivity contribution in [3.05, 3.63) is 0 Å². The molecule has 0 aliphatic carbocycles. The summed E-state index contributed by atoms with van der Waals surface area (Å²) < 4.78 is 5.06. The summed E-state index contributed by atoms with van der Waals surface area (Å²) in [5.41, 5.74) is -0.585. The number of hydrogen-bond donors (Lipinski definition) is 1. The number of ether oxygens (including phenoxy) is 1. The highest BCUT2D eigenvalue weighted by Gasteiger charge is 2.26. The standard InChI is InChI=1S/C10H16N2O4/c1-10(2,3)16-9(15)6-12-5-7(13)11-4-8(12)14/h4-6H2,1-3H3,(H,11,13). The molecule has 0 aromatic rings. The number of nitrogens with one attached hydrogen (secondary N) is 1. The van der Waals surface area contributed by atoms with E-state index in [2.05, 4.69) is 5.32 Å². The summed E-state index contributed by atoms with van der Waals surface area (Å²) in [5.74, 6) is -1.04. The van der Waals surface area contributed by atoms with E-state index in [1.807, 2.05) is 0 Å². The number of carbonyl (C=O) groups excluding carboxylic acids is 3. The third-order valence-corrected chi connectivity index (χ3v) is 1.86. The Kier molecular flexibility index (Phi) is 3.51. The molecule has 0 atom stereocenters. The zero-order chi connectivity index (χ0) is 12.3. The first-order valence-electron chi connectivity index (χ1n) is 5.04. The number of carbonyl (C=O) groups is 3. The first-order valence-corrected chi connectivity index (χ1v) is 5.04. The van der Waals surface area contributed by atoms with Crippen LogP contribution in [0.25, 0.3) is 0 Å². The summed E-state index contributed by atoms with van der Waals surface area (Å²) in [6.45, 7) is 4.92. The molecule has 0 bridgehead atoms. The molecular formula is C10H16N2O4. The van der Waals surface area contributed by atoms with Gasteiger partial charge in [0.1, 0.15) is 18.7 Å². The fraction of sp³-hybridized carbons (Fsp3) is 0.700. The van der Waals surface area contributed by atoms with Crippen LogP contribution in [0, 0.1) is 0 Å². The molecule has 1 aliphatic rings. The van der Waals surface area contributed by atoms with E-state index in [0.29, 0.717) is 0 Å². The number of hydrogen-bond acceptors (Lipinski definition) is 4. The summed E-state index contributed by atoms with van der Waals surface area (Å²) in [5, 5.41) is 2.40. The van der Waals surface area contributed by atoms with Gasteiger partial charge < -0.3 is 15.0 Å². The van der Waals surface area contributed by atoms with Crippen LogP contribution in [-0.4, -0.2) is 47.9 Å². The molecule has 1 saturated heterocycles. The maximum absolute atomic E-state index is 11.4. The first kappa shape index (κ1) is 12.5. The van der Waals surface area contributed by atoms with Crippen LogP contribution in [-0.2, 0) is 19.1 Å². The van der Waals surface area contributed by atoms with Crippen LogP contribution in [0.4, 0.5) is 0 Å². The highest BCUT2D eigenvalue weighted by molar-refractivity contribution is 5.94. The molecule has 0 unspecified atom stereocenters. The Bertz CT molecular complexity index is 319. The average Bonchev–Trinajstić information content (AvgIpc) is 2.08. The van der Waals surface area contributed by atoms with Crippen molar-refractivity contribution in [1.29, 1.82) is 0 Å². The summed E-state index contributed by atoms with van der Waals surface area (Å²) >= 11 is 0. The number of esters is 1. The van der Waals surface area contributed by atoms with Crippen LogP contribution in [0.2, 0.25) is 0 Å². The summed E-state index contributed by atoms with van der Waals surface area (Å²) in [4.78, 5) is 35.0. The van der Waals surface area contributed by atoms with Gasteiger partial charge in [0.15, 0.2) is 0 Å². The van der Waals surface area contributed by atoms with Crippen molar-refractivity contribution >= 4 is 17.8 Å². The molecular weight excluding hydrogens is 212 g/mol. The molecule has 0 radical (unpaired) electrons. The first-order chi connectivity index (χ1) is 7.28. The van der Waals surface area contributed by atoms with E-state index >= 15 is 0 Å². The van der Waals surface area contributed by atoms with Crippen molar-refractivity contribution in [2.24, 2.45) is 0 Å². The van der Waals surface area contributed by atoms with Crippen molar-refractivity contribution in [3.8, 4) is 0 Å². The zero-order valence-electron chi connectivity index (χ0n) is 9.70. The van der Waals surface area contributed by atoms with Gasteiger partial charge in [0.05, 0.1) is 6.54 Å². The maximum Gasteiger partial charge on any atom is 0.326 e. The molecule has 90 valence electrons. The van der Waals surface area contributed by atoms with E-state index in [0.717, 1.165) is 0 Å². The molecule has 1 rings (SSSR count). The van der Waals surface area contributed by atoms with E-state index in [9.17, 15) is 14.4 Å². The van der Waals surface area contributed by atoms with Crippen molar-refractivity contribution < 1.29 is 19.1 Å². The highest BCUT2D eigenvalue weighted by atomic mass is 16.6. The van der Waals surface area contributed by atoms with Crippen LogP contribution < -0.4 is 5.32 Å². The maximum atomic E-state index is 11.4. The monoisotopic (exact) mass is 228 g/mol. The summed E-state index contributed by atoms with van der Waals surface area (Å²) in [6, 6.07) is 0. The molecule has 0 aromatic carbocycles. The van der Waals surface area contributed by atoms with Crippen molar-refractivity contribution in [2.45, 2.75) is 26.4 Å². The van der Waals surface area contributed by atoms with Gasteiger partial charge in [-0.3, -0.25) is 14.4 Å². The lowest BCUT2D eigenvalue weighted by atomic mass is 10.2. The number of nitrogens with zero attached hydrogens (tertiary/aromatic N) is 1. The molecule has 1 fully saturated rings. The van der Waals surface area contributed by atoms with Crippen LogP contribution in [0.1, 0.15) is 20.8 Å². The van der Waals surface area contributed by atoms with Gasteiger partial charge in [-0.1, -0.05) is 0 Å². The van der Waals surface area contributed by atoms with Crippen LogP contribution in [0.5, 0.6) is 0 Å². The number of piperazine rings is 1. The van der Waals surface area contributed by atoms with Crippen LogP contribution in [0.15, 0.2) is 0 Å². The molecule has 0 spiro atoms. The molecule has 1 N–H and O–H groups in total. The number of amides is 2. The minimum Gasteiger partial charge on any atom is -0.459 e. The molecule has 6 heteroatoms. The molecule has 2 amide bonds. The Morgan fingerprint density at radius 1 is 1.44 bits per heavy atom. The molecule has 6 nitrogen and oxygen atoms in total. The normalized spacial score (nSPS) is 17.1. The van der Waals surface area contributed by atoms with E-state index in [1.54, 1.807) is 20.8 Å². The minimum absolute atomic E-state index is 0.0539. The van der Waals surface area contributed by atoms with Gasteiger partial charge >= 0.3 is 5.97 Å². The van der Waals surface area contributed by atoms with Gasteiger partial charge in [0, 0.05) is 0 Å². The Labute approximate surface area is 93.9 Å². The van der Waals surface area contributed by atoms with E-state index < -0.39 is 11.6 Å². The quantitative estimate of drug-likeness (QED) is 0.633. The third kappa shape index (κ3) is 3.88. The Balaban J connectivity index is 2.49. The van der Waals surface area contributed by atoms with E-state index in [4.69, 9.17) is 4.74 Å². The lowest BCUT2D eigenvalue weighted by Crippen LogP contribution is -2.53. The predicted molar refractivity (Wildman–Crippen MR) is 55.4 cm³/mol. The predicted octanol–water partition coefficient (Wildman–Crippen LogP) is -0.713. The minimum atomic E-state index is -0.585. The Morgan fingerprint density at radius 2 is 2.06 bits per heavy atom. The largest absolute Gasteiger partial charge is 0.459 e. The molecule has 0 saturated carbocycles. The van der Waals surface area contributed by atoms with E-state index in [1.165, 1.54) is 4.90 Å². The van der Waals surface area contributed by atoms with Crippen molar-refractivity contribution in [2.75, 3.05) is 19.6 Å². The van der Waals surface area contributed by atoms with Crippen molar-refractivity contribution in [3.63, 3.8) is 0 Å². The molecule has 0 aromatic heterocycles. The van der Waals surface area contributed by atoms with Gasteiger partial charge in [-0.2, -0.15) is 0 Å². The average molecular weight is 228 g/mol. The van der Waals surface area contributed by atoms with Gasteiger partial charge in [0.2, 0.25) is 11.8 Å². The fourth-order valence-corrected chi connectivity index (χ4v) is 1.28. The summed E-state index contributed by atoms with van der Waals surface area (Å²) in [6.07, 6.45) is 0.